The number of hydrogen-bond acceptors (Lipinski definition) is 4. The number of likely N-dealkylation sites (N-methyl/N-ethyl adjacent to an activating group) is 1. The highest BCUT2D eigenvalue weighted by Crippen LogP contribution is 2.24. The van der Waals surface area contributed by atoms with Crippen LogP contribution in [-0.4, -0.2) is 73.9 Å². The maximum absolute atomic E-state index is 6.19. The SMILES string of the molecule is CCNCC1CCC(CN2CCC(N3CCCCC3)C2)O1. The Hall–Kier alpha value is -0.160. The first-order valence-electron chi connectivity index (χ1n) is 9.17. The molecule has 122 valence electrons. The molecule has 3 saturated heterocycles. The van der Waals surface area contributed by atoms with Crippen LogP contribution in [0.2, 0.25) is 0 Å². The predicted octanol–water partition coefficient (Wildman–Crippen LogP) is 1.70. The molecule has 0 saturated carbocycles. The van der Waals surface area contributed by atoms with Crippen LogP contribution in [0.25, 0.3) is 0 Å². The molecule has 3 aliphatic rings. The normalized spacial score (nSPS) is 35.6. The van der Waals surface area contributed by atoms with Gasteiger partial charge in [-0.3, -0.25) is 9.80 Å². The van der Waals surface area contributed by atoms with E-state index in [4.69, 9.17) is 4.74 Å². The Morgan fingerprint density at radius 2 is 1.81 bits per heavy atom. The number of ether oxygens (including phenoxy) is 1. The van der Waals surface area contributed by atoms with Crippen LogP contribution in [0.3, 0.4) is 0 Å². The average molecular weight is 295 g/mol. The smallest absolute Gasteiger partial charge is 0.0707 e. The van der Waals surface area contributed by atoms with Crippen LogP contribution in [-0.2, 0) is 4.74 Å². The molecule has 3 unspecified atom stereocenters. The summed E-state index contributed by atoms with van der Waals surface area (Å²) >= 11 is 0. The lowest BCUT2D eigenvalue weighted by atomic mass is 10.1. The van der Waals surface area contributed by atoms with E-state index in [9.17, 15) is 0 Å². The van der Waals surface area contributed by atoms with E-state index in [-0.39, 0.29) is 0 Å². The lowest BCUT2D eigenvalue weighted by molar-refractivity contribution is 0.0262. The summed E-state index contributed by atoms with van der Waals surface area (Å²) < 4.78 is 6.19. The molecule has 3 atom stereocenters. The van der Waals surface area contributed by atoms with Gasteiger partial charge in [-0.1, -0.05) is 13.3 Å². The third-order valence-corrected chi connectivity index (χ3v) is 5.43. The second-order valence-electron chi connectivity index (χ2n) is 7.06. The Labute approximate surface area is 130 Å². The fourth-order valence-electron chi connectivity index (χ4n) is 4.22. The minimum Gasteiger partial charge on any atom is -0.372 e. The Kier molecular flexibility index (Phi) is 5.92. The van der Waals surface area contributed by atoms with Gasteiger partial charge in [-0.05, 0) is 58.3 Å². The van der Waals surface area contributed by atoms with Gasteiger partial charge in [0, 0.05) is 25.7 Å². The Bertz CT molecular complexity index is 306. The van der Waals surface area contributed by atoms with Gasteiger partial charge in [-0.15, -0.1) is 0 Å². The molecular formula is C17H33N3O. The van der Waals surface area contributed by atoms with E-state index in [1.807, 2.05) is 0 Å². The molecule has 0 amide bonds. The zero-order valence-electron chi connectivity index (χ0n) is 13.7. The van der Waals surface area contributed by atoms with Crippen molar-refractivity contribution in [2.24, 2.45) is 0 Å². The second-order valence-corrected chi connectivity index (χ2v) is 7.06. The molecular weight excluding hydrogens is 262 g/mol. The third-order valence-electron chi connectivity index (χ3n) is 5.43. The topological polar surface area (TPSA) is 27.7 Å². The first-order chi connectivity index (χ1) is 10.3. The van der Waals surface area contributed by atoms with Crippen LogP contribution >= 0.6 is 0 Å². The molecule has 3 rings (SSSR count). The number of likely N-dealkylation sites (tertiary alicyclic amines) is 2. The number of nitrogens with one attached hydrogen (secondary N) is 1. The lowest BCUT2D eigenvalue weighted by Gasteiger charge is -2.32. The maximum Gasteiger partial charge on any atom is 0.0707 e. The summed E-state index contributed by atoms with van der Waals surface area (Å²) in [7, 11) is 0. The molecule has 1 N–H and O–H groups in total. The van der Waals surface area contributed by atoms with Gasteiger partial charge in [0.25, 0.3) is 0 Å². The second kappa shape index (κ2) is 7.91. The number of rotatable bonds is 6. The molecule has 3 heterocycles. The summed E-state index contributed by atoms with van der Waals surface area (Å²) in [5, 5.41) is 3.41. The number of nitrogens with zero attached hydrogens (tertiary/aromatic N) is 2. The van der Waals surface area contributed by atoms with Crippen LogP contribution in [0.15, 0.2) is 0 Å². The molecule has 0 aromatic rings. The van der Waals surface area contributed by atoms with Gasteiger partial charge in [0.05, 0.1) is 12.2 Å². The zero-order valence-corrected chi connectivity index (χ0v) is 13.7. The van der Waals surface area contributed by atoms with Gasteiger partial charge in [-0.25, -0.2) is 0 Å². The van der Waals surface area contributed by atoms with Crippen molar-refractivity contribution < 1.29 is 4.74 Å². The predicted molar refractivity (Wildman–Crippen MR) is 86.7 cm³/mol. The maximum atomic E-state index is 6.19. The third kappa shape index (κ3) is 4.41. The fraction of sp³-hybridized carbons (Fsp3) is 1.00. The van der Waals surface area contributed by atoms with Gasteiger partial charge in [0.1, 0.15) is 0 Å². The summed E-state index contributed by atoms with van der Waals surface area (Å²) in [5.41, 5.74) is 0. The Morgan fingerprint density at radius 3 is 2.62 bits per heavy atom. The van der Waals surface area contributed by atoms with Crippen LogP contribution in [0.4, 0.5) is 0 Å². The van der Waals surface area contributed by atoms with Crippen molar-refractivity contribution in [2.45, 2.75) is 63.7 Å². The van der Waals surface area contributed by atoms with E-state index in [1.165, 1.54) is 64.7 Å². The highest BCUT2D eigenvalue weighted by Gasteiger charge is 2.32. The average Bonchev–Trinajstić information content (AvgIpc) is 3.16. The monoisotopic (exact) mass is 295 g/mol. The van der Waals surface area contributed by atoms with Gasteiger partial charge in [0.2, 0.25) is 0 Å². The summed E-state index contributed by atoms with van der Waals surface area (Å²) in [6.07, 6.45) is 9.05. The van der Waals surface area contributed by atoms with Crippen molar-refractivity contribution in [1.29, 1.82) is 0 Å². The van der Waals surface area contributed by atoms with E-state index in [2.05, 4.69) is 22.0 Å². The quantitative estimate of drug-likeness (QED) is 0.807. The first-order valence-corrected chi connectivity index (χ1v) is 9.17. The minimum absolute atomic E-state index is 0.454. The highest BCUT2D eigenvalue weighted by atomic mass is 16.5. The first kappa shape index (κ1) is 15.7. The molecule has 4 nitrogen and oxygen atoms in total. The summed E-state index contributed by atoms with van der Waals surface area (Å²) in [5.74, 6) is 0. The molecule has 0 aromatic heterocycles. The van der Waals surface area contributed by atoms with Gasteiger partial charge in [-0.2, -0.15) is 0 Å². The van der Waals surface area contributed by atoms with Gasteiger partial charge in [0.15, 0.2) is 0 Å². The van der Waals surface area contributed by atoms with E-state index in [0.29, 0.717) is 12.2 Å². The molecule has 0 aromatic carbocycles. The fourth-order valence-corrected chi connectivity index (χ4v) is 4.22. The minimum atomic E-state index is 0.454. The summed E-state index contributed by atoms with van der Waals surface area (Å²) in [6, 6.07) is 0.823. The Morgan fingerprint density at radius 1 is 1.00 bits per heavy atom. The zero-order chi connectivity index (χ0) is 14.5. The summed E-state index contributed by atoms with van der Waals surface area (Å²) in [6.45, 7) is 10.6. The van der Waals surface area contributed by atoms with Crippen molar-refractivity contribution in [1.82, 2.24) is 15.1 Å². The van der Waals surface area contributed by atoms with Crippen molar-refractivity contribution in [3.05, 3.63) is 0 Å². The van der Waals surface area contributed by atoms with E-state index < -0.39 is 0 Å². The summed E-state index contributed by atoms with van der Waals surface area (Å²) in [4.78, 5) is 5.40. The Balaban J connectivity index is 1.37. The van der Waals surface area contributed by atoms with Crippen molar-refractivity contribution in [3.8, 4) is 0 Å². The van der Waals surface area contributed by atoms with Crippen molar-refractivity contribution in [3.63, 3.8) is 0 Å². The standard InChI is InChI=1S/C17H33N3O/c1-2-18-12-16-6-7-17(21-16)14-19-11-8-15(13-19)20-9-4-3-5-10-20/h15-18H,2-14H2,1H3. The molecule has 0 aliphatic carbocycles. The van der Waals surface area contributed by atoms with Crippen molar-refractivity contribution in [2.75, 3.05) is 45.8 Å². The van der Waals surface area contributed by atoms with Crippen LogP contribution in [0, 0.1) is 0 Å². The van der Waals surface area contributed by atoms with Crippen LogP contribution in [0.1, 0.15) is 45.4 Å². The number of hydrogen-bond donors (Lipinski definition) is 1. The molecule has 0 bridgehead atoms. The number of piperidine rings is 1. The molecule has 3 fully saturated rings. The lowest BCUT2D eigenvalue weighted by Crippen LogP contribution is -2.41. The van der Waals surface area contributed by atoms with Crippen molar-refractivity contribution >= 4 is 0 Å². The van der Waals surface area contributed by atoms with Gasteiger partial charge >= 0.3 is 0 Å². The molecule has 3 aliphatic heterocycles. The van der Waals surface area contributed by atoms with Gasteiger partial charge < -0.3 is 10.1 Å². The van der Waals surface area contributed by atoms with E-state index >= 15 is 0 Å². The molecule has 0 spiro atoms. The molecule has 0 radical (unpaired) electrons. The highest BCUT2D eigenvalue weighted by molar-refractivity contribution is 4.87. The van der Waals surface area contributed by atoms with E-state index in [0.717, 1.165) is 25.7 Å². The molecule has 4 heteroatoms. The van der Waals surface area contributed by atoms with Crippen LogP contribution < -0.4 is 5.32 Å². The van der Waals surface area contributed by atoms with E-state index in [1.54, 1.807) is 0 Å². The molecule has 21 heavy (non-hydrogen) atoms. The largest absolute Gasteiger partial charge is 0.372 e. The van der Waals surface area contributed by atoms with Crippen LogP contribution in [0.5, 0.6) is 0 Å².